The number of aromatic nitrogens is 2. The topological polar surface area (TPSA) is 67.4 Å². The van der Waals surface area contributed by atoms with E-state index in [1.165, 1.54) is 23.7 Å². The average molecular weight is 392 g/mol. The van der Waals surface area contributed by atoms with Gasteiger partial charge in [0.15, 0.2) is 0 Å². The Morgan fingerprint density at radius 1 is 1.07 bits per heavy atom. The van der Waals surface area contributed by atoms with Crippen LogP contribution in [0.3, 0.4) is 0 Å². The van der Waals surface area contributed by atoms with Crippen molar-refractivity contribution in [1.82, 2.24) is 14.9 Å². The first-order valence-corrected chi connectivity index (χ1v) is 10.2. The van der Waals surface area contributed by atoms with Crippen LogP contribution in [0.4, 0.5) is 5.69 Å². The molecule has 142 valence electrons. The molecule has 1 aromatic heterocycles. The molecule has 0 atom stereocenters. The monoisotopic (exact) mass is 392 g/mol. The van der Waals surface area contributed by atoms with Crippen LogP contribution < -0.4 is 10.1 Å². The smallest absolute Gasteiger partial charge is 0.321 e. The Balaban J connectivity index is 1.34. The SMILES string of the molecule is O=C(Nc1ccc(CN2CCSC2)cc1)c1cnc(Oc2ccccc2)nc1. The number of nitrogens with one attached hydrogen (secondary N) is 1. The molecule has 2 heterocycles. The van der Waals surface area contributed by atoms with Crippen molar-refractivity contribution >= 4 is 23.4 Å². The van der Waals surface area contributed by atoms with E-state index in [0.29, 0.717) is 11.3 Å². The predicted molar refractivity (Wildman–Crippen MR) is 111 cm³/mol. The first kappa shape index (κ1) is 18.5. The van der Waals surface area contributed by atoms with E-state index in [1.54, 1.807) is 0 Å². The minimum atomic E-state index is -0.255. The van der Waals surface area contributed by atoms with E-state index < -0.39 is 0 Å². The van der Waals surface area contributed by atoms with Crippen molar-refractivity contribution < 1.29 is 9.53 Å². The van der Waals surface area contributed by atoms with Crippen LogP contribution in [0.1, 0.15) is 15.9 Å². The lowest BCUT2D eigenvalue weighted by Crippen LogP contribution is -2.18. The number of anilines is 1. The van der Waals surface area contributed by atoms with Gasteiger partial charge in [0.2, 0.25) is 0 Å². The Morgan fingerprint density at radius 2 is 1.82 bits per heavy atom. The Bertz CT molecular complexity index is 911. The third-order valence-electron chi connectivity index (χ3n) is 4.29. The molecule has 28 heavy (non-hydrogen) atoms. The largest absolute Gasteiger partial charge is 0.424 e. The summed E-state index contributed by atoms with van der Waals surface area (Å²) < 4.78 is 5.54. The molecule has 6 nitrogen and oxygen atoms in total. The van der Waals surface area contributed by atoms with Gasteiger partial charge in [0.05, 0.1) is 5.56 Å². The number of hydrogen-bond donors (Lipinski definition) is 1. The van der Waals surface area contributed by atoms with Gasteiger partial charge in [-0.25, -0.2) is 9.97 Å². The Morgan fingerprint density at radius 3 is 2.50 bits per heavy atom. The van der Waals surface area contributed by atoms with Gasteiger partial charge in [-0.2, -0.15) is 0 Å². The van der Waals surface area contributed by atoms with Crippen LogP contribution in [0, 0.1) is 0 Å². The second kappa shape index (κ2) is 8.86. The lowest BCUT2D eigenvalue weighted by atomic mass is 10.2. The molecule has 1 aliphatic rings. The highest BCUT2D eigenvalue weighted by Gasteiger charge is 2.12. The van der Waals surface area contributed by atoms with Gasteiger partial charge in [-0.3, -0.25) is 9.69 Å². The van der Waals surface area contributed by atoms with Gasteiger partial charge >= 0.3 is 6.01 Å². The number of nitrogens with zero attached hydrogens (tertiary/aromatic N) is 3. The number of amides is 1. The number of carbonyl (C=O) groups is 1. The molecular formula is C21H20N4O2S. The number of para-hydroxylation sites is 1. The number of hydrogen-bond acceptors (Lipinski definition) is 6. The number of thioether (sulfide) groups is 1. The fraction of sp³-hybridized carbons (Fsp3) is 0.190. The maximum Gasteiger partial charge on any atom is 0.321 e. The summed E-state index contributed by atoms with van der Waals surface area (Å²) >= 11 is 1.96. The van der Waals surface area contributed by atoms with Crippen LogP contribution in [0.15, 0.2) is 67.0 Å². The summed E-state index contributed by atoms with van der Waals surface area (Å²) in [6.45, 7) is 2.07. The van der Waals surface area contributed by atoms with Crippen molar-refractivity contribution in [2.75, 3.05) is 23.5 Å². The lowest BCUT2D eigenvalue weighted by Gasteiger charge is -2.14. The van der Waals surface area contributed by atoms with Crippen molar-refractivity contribution in [1.29, 1.82) is 0 Å². The van der Waals surface area contributed by atoms with Crippen LogP contribution in [0.25, 0.3) is 0 Å². The predicted octanol–water partition coefficient (Wildman–Crippen LogP) is 4.03. The third-order valence-corrected chi connectivity index (χ3v) is 5.31. The van der Waals surface area contributed by atoms with Gasteiger partial charge < -0.3 is 10.1 Å². The zero-order chi connectivity index (χ0) is 19.2. The molecule has 3 aromatic rings. The van der Waals surface area contributed by atoms with Crippen molar-refractivity contribution in [2.24, 2.45) is 0 Å². The van der Waals surface area contributed by atoms with Crippen LogP contribution in [0.2, 0.25) is 0 Å². The molecule has 1 saturated heterocycles. The molecule has 0 unspecified atom stereocenters. The normalized spacial score (nSPS) is 14.0. The molecule has 7 heteroatoms. The van der Waals surface area contributed by atoms with Crippen LogP contribution >= 0.6 is 11.8 Å². The lowest BCUT2D eigenvalue weighted by molar-refractivity contribution is 0.102. The quantitative estimate of drug-likeness (QED) is 0.683. The minimum Gasteiger partial charge on any atom is -0.424 e. The van der Waals surface area contributed by atoms with Gasteiger partial charge in [0, 0.05) is 42.8 Å². The van der Waals surface area contributed by atoms with Crippen LogP contribution in [0.5, 0.6) is 11.8 Å². The van der Waals surface area contributed by atoms with E-state index in [0.717, 1.165) is 24.7 Å². The number of rotatable bonds is 6. The summed E-state index contributed by atoms with van der Waals surface area (Å²) in [4.78, 5) is 23.0. The molecule has 1 fully saturated rings. The van der Waals surface area contributed by atoms with Crippen molar-refractivity contribution in [2.45, 2.75) is 6.54 Å². The first-order chi connectivity index (χ1) is 13.8. The summed E-state index contributed by atoms with van der Waals surface area (Å²) in [7, 11) is 0. The summed E-state index contributed by atoms with van der Waals surface area (Å²) in [5.41, 5.74) is 2.36. The Labute approximate surface area is 168 Å². The van der Waals surface area contributed by atoms with Crippen LogP contribution in [-0.2, 0) is 6.54 Å². The first-order valence-electron chi connectivity index (χ1n) is 9.01. The molecule has 1 N–H and O–H groups in total. The standard InChI is InChI=1S/C21H20N4O2S/c26-20(17-12-22-21(23-13-17)27-19-4-2-1-3-5-19)24-18-8-6-16(7-9-18)14-25-10-11-28-15-25/h1-9,12-13H,10-11,14-15H2,(H,24,26). The summed E-state index contributed by atoms with van der Waals surface area (Å²) in [6, 6.07) is 17.4. The summed E-state index contributed by atoms with van der Waals surface area (Å²) in [5, 5.41) is 2.87. The second-order valence-electron chi connectivity index (χ2n) is 6.41. The molecule has 1 amide bonds. The Hall–Kier alpha value is -2.90. The maximum atomic E-state index is 12.4. The van der Waals surface area contributed by atoms with E-state index >= 15 is 0 Å². The van der Waals surface area contributed by atoms with Crippen molar-refractivity contribution in [3.8, 4) is 11.8 Å². The zero-order valence-corrected chi connectivity index (χ0v) is 16.1. The molecule has 0 radical (unpaired) electrons. The fourth-order valence-electron chi connectivity index (χ4n) is 2.81. The molecule has 1 aliphatic heterocycles. The van der Waals surface area contributed by atoms with E-state index in [1.807, 2.05) is 66.4 Å². The van der Waals surface area contributed by atoms with Crippen LogP contribution in [-0.4, -0.2) is 38.9 Å². The average Bonchev–Trinajstić information content (AvgIpc) is 3.24. The molecule has 0 saturated carbocycles. The van der Waals surface area contributed by atoms with Gasteiger partial charge in [0.1, 0.15) is 5.75 Å². The zero-order valence-electron chi connectivity index (χ0n) is 15.2. The maximum absolute atomic E-state index is 12.4. The number of ether oxygens (including phenoxy) is 1. The fourth-order valence-corrected chi connectivity index (χ4v) is 3.81. The highest BCUT2D eigenvalue weighted by Crippen LogP contribution is 2.19. The number of carbonyl (C=O) groups excluding carboxylic acids is 1. The van der Waals surface area contributed by atoms with E-state index in [2.05, 4.69) is 20.2 Å². The third kappa shape index (κ3) is 4.88. The molecule has 2 aromatic carbocycles. The molecule has 0 spiro atoms. The van der Waals surface area contributed by atoms with Gasteiger partial charge in [-0.05, 0) is 29.8 Å². The van der Waals surface area contributed by atoms with Gasteiger partial charge in [-0.15, -0.1) is 11.8 Å². The van der Waals surface area contributed by atoms with Crippen molar-refractivity contribution in [3.63, 3.8) is 0 Å². The number of benzene rings is 2. The Kier molecular flexibility index (Phi) is 5.84. The molecule has 4 rings (SSSR count). The van der Waals surface area contributed by atoms with Gasteiger partial charge in [0.25, 0.3) is 5.91 Å². The highest BCUT2D eigenvalue weighted by molar-refractivity contribution is 7.99. The van der Waals surface area contributed by atoms with Crippen molar-refractivity contribution in [3.05, 3.63) is 78.1 Å². The molecule has 0 aliphatic carbocycles. The highest BCUT2D eigenvalue weighted by atomic mass is 32.2. The van der Waals surface area contributed by atoms with E-state index in [9.17, 15) is 4.79 Å². The minimum absolute atomic E-state index is 0.201. The molecule has 0 bridgehead atoms. The van der Waals surface area contributed by atoms with Gasteiger partial charge in [-0.1, -0.05) is 30.3 Å². The summed E-state index contributed by atoms with van der Waals surface area (Å²) in [6.07, 6.45) is 2.92. The van der Waals surface area contributed by atoms with E-state index in [4.69, 9.17) is 4.74 Å². The molecular weight excluding hydrogens is 372 g/mol. The summed E-state index contributed by atoms with van der Waals surface area (Å²) in [5.74, 6) is 2.68. The second-order valence-corrected chi connectivity index (χ2v) is 7.49. The van der Waals surface area contributed by atoms with E-state index in [-0.39, 0.29) is 11.9 Å².